The van der Waals surface area contributed by atoms with Crippen molar-refractivity contribution in [3.05, 3.63) is 95.1 Å². The number of rotatable bonds is 7. The van der Waals surface area contributed by atoms with Crippen LogP contribution in [0.4, 0.5) is 0 Å². The van der Waals surface area contributed by atoms with Gasteiger partial charge in [0.15, 0.2) is 0 Å². The average molecular weight is 578 g/mol. The maximum absolute atomic E-state index is 6.90. The summed E-state index contributed by atoms with van der Waals surface area (Å²) in [5.74, 6) is 0.805. The van der Waals surface area contributed by atoms with Crippen LogP contribution in [0.1, 0.15) is 36.9 Å². The van der Waals surface area contributed by atoms with Crippen molar-refractivity contribution in [3.8, 4) is 22.7 Å². The van der Waals surface area contributed by atoms with E-state index in [1.54, 1.807) is 7.11 Å². The molecule has 0 aliphatic heterocycles. The molecular formula is C31H31ClN2O2Se. The number of halogens is 1. The Morgan fingerprint density at radius 3 is 2.46 bits per heavy atom. The summed E-state index contributed by atoms with van der Waals surface area (Å²) in [7, 11) is 1.71. The first-order valence-electron chi connectivity index (χ1n) is 13.1. The molecule has 37 heavy (non-hydrogen) atoms. The van der Waals surface area contributed by atoms with E-state index in [-0.39, 0.29) is 6.10 Å². The number of ether oxygens (including phenoxy) is 2. The van der Waals surface area contributed by atoms with Crippen LogP contribution in [0.25, 0.3) is 16.9 Å². The fourth-order valence-corrected chi connectivity index (χ4v) is 8.50. The first kappa shape index (κ1) is 24.8. The molecule has 3 aromatic carbocycles. The van der Waals surface area contributed by atoms with E-state index in [2.05, 4.69) is 48.5 Å². The van der Waals surface area contributed by atoms with Gasteiger partial charge >= 0.3 is 231 Å². The van der Waals surface area contributed by atoms with E-state index >= 15 is 0 Å². The van der Waals surface area contributed by atoms with Gasteiger partial charge in [0.25, 0.3) is 0 Å². The first-order chi connectivity index (χ1) is 18.2. The van der Waals surface area contributed by atoms with Crippen molar-refractivity contribution in [1.82, 2.24) is 9.78 Å². The quantitative estimate of drug-likeness (QED) is 0.237. The minimum atomic E-state index is 0.174. The summed E-state index contributed by atoms with van der Waals surface area (Å²) >= 11 is 6.67. The third kappa shape index (κ3) is 5.24. The number of benzene rings is 3. The molecule has 4 nitrogen and oxygen atoms in total. The summed E-state index contributed by atoms with van der Waals surface area (Å²) in [4.78, 5) is 0.640. The molecule has 1 saturated carbocycles. The van der Waals surface area contributed by atoms with Crippen LogP contribution in [0.3, 0.4) is 0 Å². The van der Waals surface area contributed by atoms with Crippen LogP contribution in [0, 0.1) is 0 Å². The van der Waals surface area contributed by atoms with Gasteiger partial charge in [0.05, 0.1) is 0 Å². The molecule has 190 valence electrons. The number of para-hydroxylation sites is 2. The van der Waals surface area contributed by atoms with Crippen molar-refractivity contribution in [1.29, 1.82) is 0 Å². The van der Waals surface area contributed by atoms with E-state index < -0.39 is 0 Å². The van der Waals surface area contributed by atoms with Gasteiger partial charge in [-0.25, -0.2) is 0 Å². The maximum atomic E-state index is 6.90. The number of aromatic nitrogens is 2. The number of fused-ring (bicyclic) bond motifs is 1. The Morgan fingerprint density at radius 1 is 0.892 bits per heavy atom. The fourth-order valence-electron chi connectivity index (χ4n) is 5.64. The predicted octanol–water partition coefficient (Wildman–Crippen LogP) is 6.45. The van der Waals surface area contributed by atoms with Crippen molar-refractivity contribution in [2.75, 3.05) is 7.11 Å². The predicted molar refractivity (Wildman–Crippen MR) is 151 cm³/mol. The van der Waals surface area contributed by atoms with Crippen molar-refractivity contribution in [3.63, 3.8) is 0 Å². The number of hydrogen-bond acceptors (Lipinski definition) is 3. The molecule has 1 fully saturated rings. The Kier molecular flexibility index (Phi) is 7.39. The fraction of sp³-hybridized carbons (Fsp3) is 0.323. The molecule has 1 aromatic heterocycles. The van der Waals surface area contributed by atoms with Crippen LogP contribution in [0.5, 0.6) is 5.75 Å². The monoisotopic (exact) mass is 578 g/mol. The van der Waals surface area contributed by atoms with Crippen LogP contribution >= 0.6 is 11.6 Å². The number of methoxy groups -OCH3 is 1. The van der Waals surface area contributed by atoms with Crippen LogP contribution in [0.15, 0.2) is 78.9 Å². The molecule has 0 spiro atoms. The van der Waals surface area contributed by atoms with Crippen LogP contribution in [0.2, 0.25) is 9.84 Å². The van der Waals surface area contributed by atoms with Crippen LogP contribution in [-0.2, 0) is 17.6 Å². The van der Waals surface area contributed by atoms with Crippen molar-refractivity contribution < 1.29 is 9.47 Å². The second-order valence-corrected chi connectivity index (χ2v) is 13.0. The Hall–Kier alpha value is -2.56. The van der Waals surface area contributed by atoms with E-state index in [4.69, 9.17) is 26.2 Å². The molecule has 6 rings (SSSR count). The van der Waals surface area contributed by atoms with Gasteiger partial charge in [0, 0.05) is 0 Å². The van der Waals surface area contributed by atoms with Gasteiger partial charge in [-0.1, -0.05) is 0 Å². The standard InChI is InChI=1S/C31H31ClN2O2Se/c1-35-28-12-6-5-11-27(28)34-31(21-15-17-22(32)18-16-21)25-19-23(20-26(25)33-34)36-29-13-7-8-14-30(29)37-24-9-3-2-4-10-24/h2-6,9-12,15-18,23,29-30H,7-8,13-14,19-20H2,1H3/t23-,29?,30?/m0/s1. The van der Waals surface area contributed by atoms with Gasteiger partial charge in [-0.15, -0.1) is 0 Å². The topological polar surface area (TPSA) is 36.3 Å². The second kappa shape index (κ2) is 11.0. The van der Waals surface area contributed by atoms with Crippen molar-refractivity contribution >= 4 is 31.0 Å². The SMILES string of the molecule is COc1ccccc1-n1nc2c(c1-c1ccc(Cl)cc1)C[C@H](OC1CCCCC1[Se]c1ccccc1)C2. The summed E-state index contributed by atoms with van der Waals surface area (Å²) in [6.45, 7) is 0. The van der Waals surface area contributed by atoms with Gasteiger partial charge in [0.2, 0.25) is 0 Å². The molecule has 0 bridgehead atoms. The molecule has 2 aliphatic rings. The van der Waals surface area contributed by atoms with Crippen molar-refractivity contribution in [2.24, 2.45) is 0 Å². The van der Waals surface area contributed by atoms with Crippen LogP contribution in [-0.4, -0.2) is 44.1 Å². The molecule has 6 heteroatoms. The minimum absolute atomic E-state index is 0.174. The number of hydrogen-bond donors (Lipinski definition) is 0. The van der Waals surface area contributed by atoms with E-state index in [1.165, 1.54) is 35.7 Å². The van der Waals surface area contributed by atoms with E-state index in [1.807, 2.05) is 35.0 Å². The normalized spacial score (nSPS) is 21.1. The Balaban J connectivity index is 1.28. The molecule has 0 N–H and O–H groups in total. The first-order valence-corrected chi connectivity index (χ1v) is 15.3. The molecular weight excluding hydrogens is 547 g/mol. The van der Waals surface area contributed by atoms with E-state index in [0.29, 0.717) is 25.9 Å². The zero-order valence-electron chi connectivity index (χ0n) is 21.0. The Morgan fingerprint density at radius 2 is 1.65 bits per heavy atom. The molecule has 2 aliphatic carbocycles. The molecule has 2 unspecified atom stereocenters. The van der Waals surface area contributed by atoms with Crippen LogP contribution < -0.4 is 9.20 Å². The van der Waals surface area contributed by atoms with E-state index in [9.17, 15) is 0 Å². The summed E-state index contributed by atoms with van der Waals surface area (Å²) in [5.41, 5.74) is 5.56. The summed E-state index contributed by atoms with van der Waals surface area (Å²) in [5, 5.41) is 5.86. The molecule has 0 radical (unpaired) electrons. The molecule has 4 aromatic rings. The zero-order chi connectivity index (χ0) is 25.2. The summed E-state index contributed by atoms with van der Waals surface area (Å²) in [6.07, 6.45) is 7.25. The molecule has 1 heterocycles. The Labute approximate surface area is 230 Å². The zero-order valence-corrected chi connectivity index (χ0v) is 23.4. The van der Waals surface area contributed by atoms with Gasteiger partial charge in [-0.05, 0) is 0 Å². The van der Waals surface area contributed by atoms with Gasteiger partial charge in [-0.3, -0.25) is 0 Å². The van der Waals surface area contributed by atoms with Gasteiger partial charge < -0.3 is 0 Å². The van der Waals surface area contributed by atoms with Gasteiger partial charge in [0.1, 0.15) is 0 Å². The Bertz CT molecular complexity index is 1360. The summed E-state index contributed by atoms with van der Waals surface area (Å²) < 4.78 is 16.1. The molecule has 0 amide bonds. The average Bonchev–Trinajstić information content (AvgIpc) is 3.48. The van der Waals surface area contributed by atoms with Crippen molar-refractivity contribution in [2.45, 2.75) is 55.5 Å². The number of nitrogens with zero attached hydrogens (tertiary/aromatic N) is 2. The molecule has 3 atom stereocenters. The molecule has 0 saturated heterocycles. The third-order valence-electron chi connectivity index (χ3n) is 7.39. The van der Waals surface area contributed by atoms with E-state index in [0.717, 1.165) is 46.3 Å². The third-order valence-corrected chi connectivity index (χ3v) is 10.6. The van der Waals surface area contributed by atoms with Gasteiger partial charge in [-0.2, -0.15) is 0 Å². The summed E-state index contributed by atoms with van der Waals surface area (Å²) in [6, 6.07) is 27.1. The second-order valence-electron chi connectivity index (χ2n) is 9.82.